The van der Waals surface area contributed by atoms with Crippen LogP contribution in [0.25, 0.3) is 0 Å². The number of carbonyl (C=O) groups excluding carboxylic acids is 2. The average molecular weight is 442 g/mol. The summed E-state index contributed by atoms with van der Waals surface area (Å²) in [5, 5.41) is 17.6. The fourth-order valence-electron chi connectivity index (χ4n) is 1.29. The van der Waals surface area contributed by atoms with Gasteiger partial charge < -0.3 is 19.8 Å². The highest BCUT2D eigenvalue weighted by atomic mass is 19.4. The van der Waals surface area contributed by atoms with E-state index < -0.39 is 24.3 Å². The highest BCUT2D eigenvalue weighted by Gasteiger charge is 2.29. The van der Waals surface area contributed by atoms with Gasteiger partial charge in [0.1, 0.15) is 25.0 Å². The molecular weight excluding hydrogens is 422 g/mol. The fourth-order valence-corrected chi connectivity index (χ4v) is 1.29. The van der Waals surface area contributed by atoms with Gasteiger partial charge in [-0.25, -0.2) is 9.13 Å². The molecule has 0 bridgehead atoms. The SMILES string of the molecule is CC[n+]1ccccc1.CC[n+]1ccccc1.O=C([O-])C(F)(F)F.O=C([O-])C(F)(F)F. The molecule has 2 aromatic heterocycles. The Balaban J connectivity index is 0. The van der Waals surface area contributed by atoms with E-state index in [9.17, 15) is 26.3 Å². The number of carbonyl (C=O) groups is 2. The fraction of sp³-hybridized carbons (Fsp3) is 0.333. The lowest BCUT2D eigenvalue weighted by Gasteiger charge is -2.03. The second-order valence-corrected chi connectivity index (χ2v) is 4.98. The van der Waals surface area contributed by atoms with Gasteiger partial charge >= 0.3 is 12.4 Å². The number of carboxylic acids is 2. The first-order valence-corrected chi connectivity index (χ1v) is 8.20. The topological polar surface area (TPSA) is 88.0 Å². The summed E-state index contributed by atoms with van der Waals surface area (Å²) >= 11 is 0. The Labute approximate surface area is 168 Å². The van der Waals surface area contributed by atoms with E-state index >= 15 is 0 Å². The summed E-state index contributed by atoms with van der Waals surface area (Å²) in [6.07, 6.45) is -2.17. The third-order valence-electron chi connectivity index (χ3n) is 2.75. The lowest BCUT2D eigenvalue weighted by molar-refractivity contribution is -0.693. The molecule has 2 rings (SSSR count). The smallest absolute Gasteiger partial charge is 0.430 e. The number of halogens is 6. The first-order chi connectivity index (χ1) is 13.8. The molecule has 0 saturated carbocycles. The molecule has 30 heavy (non-hydrogen) atoms. The van der Waals surface area contributed by atoms with E-state index in [2.05, 4.69) is 47.8 Å². The molecule has 0 fully saturated rings. The van der Waals surface area contributed by atoms with Crippen LogP contribution in [-0.2, 0) is 22.7 Å². The van der Waals surface area contributed by atoms with Crippen LogP contribution in [0.4, 0.5) is 26.3 Å². The third kappa shape index (κ3) is 17.0. The molecule has 168 valence electrons. The van der Waals surface area contributed by atoms with Crippen molar-refractivity contribution in [3.05, 3.63) is 61.2 Å². The van der Waals surface area contributed by atoms with E-state index in [4.69, 9.17) is 19.8 Å². The Bertz CT molecular complexity index is 659. The maximum absolute atomic E-state index is 10.5. The number of nitrogens with zero attached hydrogens (tertiary/aromatic N) is 2. The van der Waals surface area contributed by atoms with Crippen molar-refractivity contribution >= 4 is 11.9 Å². The van der Waals surface area contributed by atoms with E-state index in [1.54, 1.807) is 0 Å². The summed E-state index contributed by atoms with van der Waals surface area (Å²) in [6.45, 7) is 6.36. The molecule has 12 heteroatoms. The van der Waals surface area contributed by atoms with Crippen LogP contribution < -0.4 is 19.3 Å². The Hall–Kier alpha value is -3.18. The minimum absolute atomic E-state index is 1.06. The van der Waals surface area contributed by atoms with Crippen LogP contribution in [0.1, 0.15) is 13.8 Å². The molecule has 0 aliphatic heterocycles. The number of pyridine rings is 2. The minimum Gasteiger partial charge on any atom is -0.542 e. The van der Waals surface area contributed by atoms with E-state index in [0.29, 0.717) is 0 Å². The van der Waals surface area contributed by atoms with Gasteiger partial charge in [0.2, 0.25) is 0 Å². The predicted molar refractivity (Wildman–Crippen MR) is 86.7 cm³/mol. The number of aryl methyl sites for hydroxylation is 2. The zero-order valence-electron chi connectivity index (χ0n) is 16.0. The van der Waals surface area contributed by atoms with Gasteiger partial charge in [0.15, 0.2) is 24.8 Å². The molecule has 0 aliphatic rings. The molecule has 0 amide bonds. The van der Waals surface area contributed by atoms with Gasteiger partial charge in [-0.3, -0.25) is 0 Å². The van der Waals surface area contributed by atoms with Crippen molar-refractivity contribution < 1.29 is 55.3 Å². The number of carboxylic acid groups (broad SMARTS) is 2. The van der Waals surface area contributed by atoms with Gasteiger partial charge in [0, 0.05) is 24.3 Å². The monoisotopic (exact) mass is 442 g/mol. The van der Waals surface area contributed by atoms with Gasteiger partial charge in [0.25, 0.3) is 0 Å². The quantitative estimate of drug-likeness (QED) is 0.503. The first-order valence-electron chi connectivity index (χ1n) is 8.20. The van der Waals surface area contributed by atoms with Gasteiger partial charge in [-0.15, -0.1) is 0 Å². The standard InChI is InChI=1S/2C7H10N.2C2HF3O2/c2*1-2-8-6-4-3-5-7-8;2*3-2(4,5)1(6)7/h2*3-7H,2H2,1H3;2*(H,6,7)/q2*+1;;/p-2. The largest absolute Gasteiger partial charge is 0.542 e. The average Bonchev–Trinajstić information content (AvgIpc) is 2.69. The summed E-state index contributed by atoms with van der Waals surface area (Å²) in [4.78, 5) is 17.6. The van der Waals surface area contributed by atoms with Crippen LogP contribution >= 0.6 is 0 Å². The molecule has 2 heterocycles. The van der Waals surface area contributed by atoms with E-state index in [1.807, 2.05) is 36.4 Å². The van der Waals surface area contributed by atoms with Crippen LogP contribution in [0.3, 0.4) is 0 Å². The molecule has 0 saturated heterocycles. The first kappa shape index (κ1) is 29.0. The summed E-state index contributed by atoms with van der Waals surface area (Å²) in [6, 6.07) is 12.2. The molecule has 6 nitrogen and oxygen atoms in total. The van der Waals surface area contributed by atoms with Crippen molar-refractivity contribution in [3.8, 4) is 0 Å². The van der Waals surface area contributed by atoms with Crippen molar-refractivity contribution in [2.75, 3.05) is 0 Å². The number of aromatic nitrogens is 2. The number of hydrogen-bond acceptors (Lipinski definition) is 4. The molecule has 0 radical (unpaired) electrons. The highest BCUT2D eigenvalue weighted by molar-refractivity contribution is 5.71. The van der Waals surface area contributed by atoms with Crippen LogP contribution in [-0.4, -0.2) is 24.3 Å². The van der Waals surface area contributed by atoms with Crippen molar-refractivity contribution in [2.45, 2.75) is 39.3 Å². The van der Waals surface area contributed by atoms with Gasteiger partial charge in [0.05, 0.1) is 0 Å². The Morgan fingerprint density at radius 3 is 0.933 bits per heavy atom. The van der Waals surface area contributed by atoms with Gasteiger partial charge in [-0.1, -0.05) is 12.1 Å². The number of aliphatic carboxylic acids is 2. The molecule has 0 aromatic carbocycles. The lowest BCUT2D eigenvalue weighted by atomic mass is 10.5. The van der Waals surface area contributed by atoms with Crippen LogP contribution in [0.2, 0.25) is 0 Å². The Morgan fingerprint density at radius 2 is 0.833 bits per heavy atom. The van der Waals surface area contributed by atoms with Crippen molar-refractivity contribution in [2.24, 2.45) is 0 Å². The summed E-state index contributed by atoms with van der Waals surface area (Å²) in [5.41, 5.74) is 0. The normalized spacial score (nSPS) is 10.1. The van der Waals surface area contributed by atoms with Crippen LogP contribution in [0.5, 0.6) is 0 Å². The van der Waals surface area contributed by atoms with Crippen LogP contribution in [0.15, 0.2) is 61.2 Å². The van der Waals surface area contributed by atoms with E-state index in [0.717, 1.165) is 13.1 Å². The van der Waals surface area contributed by atoms with Crippen molar-refractivity contribution in [3.63, 3.8) is 0 Å². The summed E-state index contributed by atoms with van der Waals surface area (Å²) in [5.74, 6) is -6.01. The Morgan fingerprint density at radius 1 is 0.633 bits per heavy atom. The van der Waals surface area contributed by atoms with Crippen LogP contribution in [0, 0.1) is 0 Å². The minimum atomic E-state index is -5.19. The number of rotatable bonds is 2. The highest BCUT2D eigenvalue weighted by Crippen LogP contribution is 2.12. The lowest BCUT2D eigenvalue weighted by Crippen LogP contribution is -2.37. The maximum Gasteiger partial charge on any atom is 0.430 e. The number of alkyl halides is 6. The summed E-state index contributed by atoms with van der Waals surface area (Å²) < 4.78 is 67.3. The predicted octanol–water partition coefficient (Wildman–Crippen LogP) is 0.585. The molecule has 2 aromatic rings. The molecule has 0 aliphatic carbocycles. The second kappa shape index (κ2) is 14.8. The molecule has 0 atom stereocenters. The molecule has 0 N–H and O–H groups in total. The zero-order valence-corrected chi connectivity index (χ0v) is 16.0. The van der Waals surface area contributed by atoms with Crippen molar-refractivity contribution in [1.82, 2.24) is 0 Å². The van der Waals surface area contributed by atoms with E-state index in [1.165, 1.54) is 0 Å². The zero-order chi connectivity index (χ0) is 23.8. The summed E-state index contributed by atoms with van der Waals surface area (Å²) in [7, 11) is 0. The molecule has 0 spiro atoms. The Kier molecular flexibility index (Phi) is 14.3. The van der Waals surface area contributed by atoms with E-state index in [-0.39, 0.29) is 0 Å². The second-order valence-electron chi connectivity index (χ2n) is 4.98. The van der Waals surface area contributed by atoms with Gasteiger partial charge in [-0.05, 0) is 13.8 Å². The molecular formula is C18H20F6N2O4. The molecule has 0 unspecified atom stereocenters. The van der Waals surface area contributed by atoms with Crippen molar-refractivity contribution in [1.29, 1.82) is 0 Å². The maximum atomic E-state index is 10.5. The number of hydrogen-bond donors (Lipinski definition) is 0. The van der Waals surface area contributed by atoms with Gasteiger partial charge in [-0.2, -0.15) is 26.3 Å². The third-order valence-corrected chi connectivity index (χ3v) is 2.75.